The molecule has 0 aliphatic heterocycles. The largest absolute Gasteiger partial charge is 0.491 e. The normalized spacial score (nSPS) is 10.9. The van der Waals surface area contributed by atoms with Gasteiger partial charge in [0.2, 0.25) is 0 Å². The maximum Gasteiger partial charge on any atom is 0.142 e. The van der Waals surface area contributed by atoms with Crippen molar-refractivity contribution in [3.63, 3.8) is 0 Å². The van der Waals surface area contributed by atoms with Crippen LogP contribution < -0.4 is 10.5 Å². The monoisotopic (exact) mass is 282 g/mol. The lowest BCUT2D eigenvalue weighted by atomic mass is 10.3. The molecule has 1 aromatic rings. The van der Waals surface area contributed by atoms with Crippen molar-refractivity contribution < 1.29 is 4.74 Å². The standard InChI is InChI=1S/C15H26N2OS/c1-3-17(4-2)10-13-19-12-7-11-18-15-9-6-5-8-14(15)16/h5-6,8-9H,3-4,7,10-13,16H2,1-2H3. The Bertz CT molecular complexity index is 343. The molecular formula is C15H26N2OS. The second-order valence-corrected chi connectivity index (χ2v) is 5.60. The molecule has 0 radical (unpaired) electrons. The first-order valence-corrected chi connectivity index (χ1v) is 8.20. The van der Waals surface area contributed by atoms with Gasteiger partial charge in [-0.2, -0.15) is 11.8 Å². The Morgan fingerprint density at radius 1 is 1.16 bits per heavy atom. The molecule has 0 aliphatic carbocycles. The van der Waals surface area contributed by atoms with E-state index in [1.165, 1.54) is 12.3 Å². The smallest absolute Gasteiger partial charge is 0.142 e. The van der Waals surface area contributed by atoms with Crippen molar-refractivity contribution >= 4 is 17.4 Å². The Morgan fingerprint density at radius 2 is 1.89 bits per heavy atom. The van der Waals surface area contributed by atoms with Gasteiger partial charge in [-0.3, -0.25) is 0 Å². The predicted molar refractivity (Wildman–Crippen MR) is 86.1 cm³/mol. The summed E-state index contributed by atoms with van der Waals surface area (Å²) in [5.74, 6) is 3.15. The molecule has 0 saturated carbocycles. The summed E-state index contributed by atoms with van der Waals surface area (Å²) in [6.07, 6.45) is 1.07. The van der Waals surface area contributed by atoms with Crippen molar-refractivity contribution in [2.45, 2.75) is 20.3 Å². The van der Waals surface area contributed by atoms with Crippen molar-refractivity contribution in [1.29, 1.82) is 0 Å². The van der Waals surface area contributed by atoms with Gasteiger partial charge in [0.25, 0.3) is 0 Å². The van der Waals surface area contributed by atoms with Crippen LogP contribution in [0.3, 0.4) is 0 Å². The summed E-state index contributed by atoms with van der Waals surface area (Å²) in [7, 11) is 0. The van der Waals surface area contributed by atoms with Gasteiger partial charge in [-0.05, 0) is 37.4 Å². The van der Waals surface area contributed by atoms with E-state index in [0.29, 0.717) is 0 Å². The average molecular weight is 282 g/mol. The first kappa shape index (κ1) is 16.2. The van der Waals surface area contributed by atoms with Gasteiger partial charge in [0.1, 0.15) is 5.75 Å². The van der Waals surface area contributed by atoms with Crippen LogP contribution in [0.5, 0.6) is 5.75 Å². The molecule has 0 aromatic heterocycles. The molecule has 0 unspecified atom stereocenters. The van der Waals surface area contributed by atoms with Gasteiger partial charge in [0.05, 0.1) is 12.3 Å². The zero-order valence-electron chi connectivity index (χ0n) is 12.1. The molecule has 0 heterocycles. The van der Waals surface area contributed by atoms with Crippen LogP contribution in [0.2, 0.25) is 0 Å². The van der Waals surface area contributed by atoms with Gasteiger partial charge in [0.15, 0.2) is 0 Å². The first-order chi connectivity index (χ1) is 9.27. The van der Waals surface area contributed by atoms with E-state index in [4.69, 9.17) is 10.5 Å². The lowest BCUT2D eigenvalue weighted by Gasteiger charge is -2.17. The summed E-state index contributed by atoms with van der Waals surface area (Å²) < 4.78 is 5.66. The fourth-order valence-electron chi connectivity index (χ4n) is 1.79. The zero-order valence-corrected chi connectivity index (χ0v) is 12.9. The summed E-state index contributed by atoms with van der Waals surface area (Å²) in [5.41, 5.74) is 6.53. The number of nitrogen functional groups attached to an aromatic ring is 1. The molecule has 4 heteroatoms. The summed E-state index contributed by atoms with van der Waals surface area (Å²) in [5, 5.41) is 0. The maximum absolute atomic E-state index is 5.81. The molecule has 3 nitrogen and oxygen atoms in total. The highest BCUT2D eigenvalue weighted by atomic mass is 32.2. The van der Waals surface area contributed by atoms with Crippen LogP contribution >= 0.6 is 11.8 Å². The van der Waals surface area contributed by atoms with Gasteiger partial charge in [-0.25, -0.2) is 0 Å². The van der Waals surface area contributed by atoms with Gasteiger partial charge < -0.3 is 15.4 Å². The second kappa shape index (κ2) is 9.98. The van der Waals surface area contributed by atoms with Gasteiger partial charge in [-0.15, -0.1) is 0 Å². The van der Waals surface area contributed by atoms with E-state index in [1.54, 1.807) is 0 Å². The third-order valence-corrected chi connectivity index (χ3v) is 4.10. The lowest BCUT2D eigenvalue weighted by molar-refractivity contribution is 0.319. The van der Waals surface area contributed by atoms with Crippen LogP contribution in [-0.2, 0) is 0 Å². The Kier molecular flexibility index (Phi) is 8.50. The number of thioether (sulfide) groups is 1. The molecule has 0 bridgehead atoms. The topological polar surface area (TPSA) is 38.5 Å². The third-order valence-electron chi connectivity index (χ3n) is 3.06. The van der Waals surface area contributed by atoms with E-state index < -0.39 is 0 Å². The van der Waals surface area contributed by atoms with Gasteiger partial charge in [0, 0.05) is 12.3 Å². The van der Waals surface area contributed by atoms with Crippen molar-refractivity contribution in [2.24, 2.45) is 0 Å². The number of benzene rings is 1. The molecule has 108 valence electrons. The molecular weight excluding hydrogens is 256 g/mol. The minimum atomic E-state index is 0.719. The predicted octanol–water partition coefficient (Wildman–Crippen LogP) is 3.11. The number of nitrogens with two attached hydrogens (primary N) is 1. The molecule has 0 amide bonds. The van der Waals surface area contributed by atoms with E-state index in [2.05, 4.69) is 18.7 Å². The van der Waals surface area contributed by atoms with Crippen molar-refractivity contribution in [1.82, 2.24) is 4.90 Å². The number of para-hydroxylation sites is 2. The van der Waals surface area contributed by atoms with Crippen LogP contribution in [0, 0.1) is 0 Å². The van der Waals surface area contributed by atoms with Crippen LogP contribution in [0.1, 0.15) is 20.3 Å². The molecule has 0 fully saturated rings. The molecule has 1 aromatic carbocycles. The summed E-state index contributed by atoms with van der Waals surface area (Å²) in [6.45, 7) is 8.65. The van der Waals surface area contributed by atoms with Crippen LogP contribution in [0.15, 0.2) is 24.3 Å². The quantitative estimate of drug-likeness (QED) is 0.528. The molecule has 0 aliphatic rings. The Morgan fingerprint density at radius 3 is 2.58 bits per heavy atom. The summed E-state index contributed by atoms with van der Waals surface area (Å²) in [4.78, 5) is 2.45. The Labute approximate surface area is 121 Å². The fraction of sp³-hybridized carbons (Fsp3) is 0.600. The van der Waals surface area contributed by atoms with Crippen molar-refractivity contribution in [3.8, 4) is 5.75 Å². The molecule has 2 N–H and O–H groups in total. The van der Waals surface area contributed by atoms with E-state index >= 15 is 0 Å². The van der Waals surface area contributed by atoms with E-state index in [9.17, 15) is 0 Å². The number of anilines is 1. The van der Waals surface area contributed by atoms with Crippen LogP contribution in [-0.4, -0.2) is 42.6 Å². The number of nitrogens with zero attached hydrogens (tertiary/aromatic N) is 1. The fourth-order valence-corrected chi connectivity index (χ4v) is 2.70. The van der Waals surface area contributed by atoms with E-state index in [-0.39, 0.29) is 0 Å². The molecule has 1 rings (SSSR count). The van der Waals surface area contributed by atoms with Crippen LogP contribution in [0.4, 0.5) is 5.69 Å². The minimum absolute atomic E-state index is 0.719. The first-order valence-electron chi connectivity index (χ1n) is 7.05. The third kappa shape index (κ3) is 6.73. The Balaban J connectivity index is 2.01. The highest BCUT2D eigenvalue weighted by Gasteiger charge is 2.00. The zero-order chi connectivity index (χ0) is 13.9. The second-order valence-electron chi connectivity index (χ2n) is 4.38. The highest BCUT2D eigenvalue weighted by molar-refractivity contribution is 7.99. The highest BCUT2D eigenvalue weighted by Crippen LogP contribution is 2.19. The van der Waals surface area contributed by atoms with E-state index in [1.807, 2.05) is 36.0 Å². The Hall–Kier alpha value is -0.870. The molecule has 19 heavy (non-hydrogen) atoms. The summed E-state index contributed by atoms with van der Waals surface area (Å²) in [6, 6.07) is 7.66. The van der Waals surface area contributed by atoms with Gasteiger partial charge >= 0.3 is 0 Å². The van der Waals surface area contributed by atoms with Crippen molar-refractivity contribution in [2.75, 3.05) is 43.5 Å². The van der Waals surface area contributed by atoms with Gasteiger partial charge in [-0.1, -0.05) is 26.0 Å². The molecule has 0 saturated heterocycles. The SMILES string of the molecule is CCN(CC)CCSCCCOc1ccccc1N. The average Bonchev–Trinajstić information content (AvgIpc) is 2.44. The number of rotatable bonds is 10. The number of hydrogen-bond acceptors (Lipinski definition) is 4. The number of ether oxygens (including phenoxy) is 1. The summed E-state index contributed by atoms with van der Waals surface area (Å²) >= 11 is 2.00. The maximum atomic E-state index is 5.81. The minimum Gasteiger partial charge on any atom is -0.491 e. The molecule has 0 spiro atoms. The molecule has 0 atom stereocenters. The lowest BCUT2D eigenvalue weighted by Crippen LogP contribution is -2.25. The van der Waals surface area contributed by atoms with Crippen molar-refractivity contribution in [3.05, 3.63) is 24.3 Å². The van der Waals surface area contributed by atoms with Crippen LogP contribution in [0.25, 0.3) is 0 Å². The number of hydrogen-bond donors (Lipinski definition) is 1. The van der Waals surface area contributed by atoms with E-state index in [0.717, 1.165) is 43.3 Å².